The molecule has 0 unspecified atom stereocenters. The average molecular weight is 377 g/mol. The Morgan fingerprint density at radius 1 is 1.25 bits per heavy atom. The molecule has 140 valence electrons. The molecule has 1 aromatic carbocycles. The fourth-order valence-electron chi connectivity index (χ4n) is 3.13. The predicted octanol–water partition coefficient (Wildman–Crippen LogP) is 0.672. The number of aldehydes is 1. The van der Waals surface area contributed by atoms with Crippen LogP contribution < -0.4 is 16.8 Å². The maximum Gasteiger partial charge on any atom is 0.254 e. The number of ketones is 1. The van der Waals surface area contributed by atoms with Crippen LogP contribution in [0.5, 0.6) is 0 Å². The van der Waals surface area contributed by atoms with Crippen molar-refractivity contribution in [2.24, 2.45) is 10.7 Å². The number of primary amides is 1. The number of carbonyl (C=O) groups excluding carboxylic acids is 3. The van der Waals surface area contributed by atoms with E-state index in [9.17, 15) is 14.4 Å². The molecule has 0 radical (unpaired) electrons. The van der Waals surface area contributed by atoms with Crippen LogP contribution in [0.25, 0.3) is 11.4 Å². The lowest BCUT2D eigenvalue weighted by Crippen LogP contribution is -2.40. The second-order valence-electron chi connectivity index (χ2n) is 6.38. The number of carbonyl (C=O) groups is 3. The van der Waals surface area contributed by atoms with Crippen molar-refractivity contribution in [2.45, 2.75) is 19.3 Å². The zero-order valence-electron chi connectivity index (χ0n) is 14.6. The third kappa shape index (κ3) is 3.00. The molecule has 2 heterocycles. The first-order valence-electron chi connectivity index (χ1n) is 8.44. The van der Waals surface area contributed by atoms with Gasteiger partial charge in [0.2, 0.25) is 0 Å². The zero-order chi connectivity index (χ0) is 19.8. The molecular weight excluding hydrogens is 362 g/mol. The lowest BCUT2D eigenvalue weighted by molar-refractivity contribution is -0.118. The number of rotatable bonds is 4. The Morgan fingerprint density at radius 2 is 2.07 bits per heavy atom. The summed E-state index contributed by atoms with van der Waals surface area (Å²) in [5, 5.41) is 3.05. The van der Waals surface area contributed by atoms with Gasteiger partial charge in [-0.1, -0.05) is 0 Å². The number of amidine groups is 1. The Balaban J connectivity index is 1.70. The van der Waals surface area contributed by atoms with Gasteiger partial charge in [-0.2, -0.15) is 15.0 Å². The van der Waals surface area contributed by atoms with Crippen LogP contribution in [0.4, 0.5) is 11.6 Å². The highest BCUT2D eigenvalue weighted by atomic mass is 16.1. The lowest BCUT2D eigenvalue weighted by Gasteiger charge is -2.30. The Hall–Kier alpha value is -3.95. The number of nitrogen functional groups attached to an aromatic ring is 1. The molecule has 0 bridgehead atoms. The minimum Gasteiger partial charge on any atom is -0.397 e. The molecule has 0 atom stereocenters. The predicted molar refractivity (Wildman–Crippen MR) is 99.7 cm³/mol. The number of nitrogens with one attached hydrogen (secondary N) is 1. The molecule has 1 amide bonds. The van der Waals surface area contributed by atoms with E-state index in [2.05, 4.69) is 25.3 Å². The van der Waals surface area contributed by atoms with Crippen molar-refractivity contribution in [3.63, 3.8) is 0 Å². The van der Waals surface area contributed by atoms with Gasteiger partial charge in [-0.3, -0.25) is 14.4 Å². The van der Waals surface area contributed by atoms with Crippen molar-refractivity contribution < 1.29 is 14.4 Å². The average Bonchev–Trinajstić information content (AvgIpc) is 2.66. The van der Waals surface area contributed by atoms with Crippen LogP contribution in [0.2, 0.25) is 0 Å². The first kappa shape index (κ1) is 17.5. The van der Waals surface area contributed by atoms with Crippen molar-refractivity contribution in [2.75, 3.05) is 5.73 Å². The number of aliphatic imine (C=N–C) groups is 1. The number of hydrogen-bond donors (Lipinski definition) is 3. The number of anilines is 1. The summed E-state index contributed by atoms with van der Waals surface area (Å²) in [6, 6.07) is 2.89. The molecule has 0 saturated heterocycles. The van der Waals surface area contributed by atoms with Crippen LogP contribution in [0.15, 0.2) is 34.7 Å². The number of nitrogens with two attached hydrogens (primary N) is 2. The quantitative estimate of drug-likeness (QED) is 0.516. The topological polar surface area (TPSA) is 166 Å². The van der Waals surface area contributed by atoms with Crippen molar-refractivity contribution >= 4 is 35.4 Å². The van der Waals surface area contributed by atoms with Crippen LogP contribution >= 0.6 is 0 Å². The highest BCUT2D eigenvalue weighted by Gasteiger charge is 2.30. The van der Waals surface area contributed by atoms with Crippen LogP contribution in [-0.4, -0.2) is 38.8 Å². The van der Waals surface area contributed by atoms with E-state index in [-0.39, 0.29) is 34.4 Å². The number of nitrogens with zero attached hydrogens (tertiary/aromatic N) is 4. The van der Waals surface area contributed by atoms with Crippen molar-refractivity contribution in [1.82, 2.24) is 20.3 Å². The van der Waals surface area contributed by atoms with Gasteiger partial charge in [-0.25, -0.2) is 4.98 Å². The van der Waals surface area contributed by atoms with E-state index in [0.29, 0.717) is 36.9 Å². The molecular formula is C18H15N7O3. The standard InChI is InChI=1S/C18H15N7O3/c19-14-9(6-26)3-8(4-12(14)15(20)28)16-21-7-22-18(24-16)25-17-11-2-1-10(27)5-13(11)23-17/h3-4,6-7H,1-2,5,19H2,(H2,20,28)(H,21,22,23,24,25). The van der Waals surface area contributed by atoms with E-state index in [4.69, 9.17) is 11.5 Å². The van der Waals surface area contributed by atoms with E-state index in [0.717, 1.165) is 11.3 Å². The van der Waals surface area contributed by atoms with Gasteiger partial charge in [0.05, 0.1) is 11.3 Å². The summed E-state index contributed by atoms with van der Waals surface area (Å²) in [5.74, 6) is 0.436. The molecule has 2 aromatic rings. The lowest BCUT2D eigenvalue weighted by atomic mass is 9.89. The van der Waals surface area contributed by atoms with Gasteiger partial charge < -0.3 is 16.8 Å². The number of benzene rings is 1. The SMILES string of the molecule is NC(=O)c1cc(-c2ncnc(N=C3NC4=C3CCC(=O)C4)n2)cc(C=O)c1N. The fraction of sp³-hybridized carbons (Fsp3) is 0.167. The number of amides is 1. The Bertz CT molecular complexity index is 1100. The number of Topliss-reactive ketones (excluding diaryl/α,β-unsaturated/α-hetero) is 1. The van der Waals surface area contributed by atoms with Gasteiger partial charge in [0.25, 0.3) is 11.9 Å². The summed E-state index contributed by atoms with van der Waals surface area (Å²) in [5.41, 5.74) is 13.5. The first-order valence-corrected chi connectivity index (χ1v) is 8.44. The maximum absolute atomic E-state index is 11.6. The monoisotopic (exact) mass is 377 g/mol. The van der Waals surface area contributed by atoms with Crippen LogP contribution in [0, 0.1) is 0 Å². The number of allylic oxidation sites excluding steroid dienone is 1. The molecule has 1 aliphatic carbocycles. The Morgan fingerprint density at radius 3 is 2.79 bits per heavy atom. The van der Waals surface area contributed by atoms with E-state index in [1.165, 1.54) is 18.5 Å². The third-order valence-electron chi connectivity index (χ3n) is 4.58. The van der Waals surface area contributed by atoms with Crippen molar-refractivity contribution in [1.29, 1.82) is 0 Å². The number of hydrogen-bond acceptors (Lipinski definition) is 8. The molecule has 5 N–H and O–H groups in total. The van der Waals surface area contributed by atoms with Gasteiger partial charge in [-0.15, -0.1) is 0 Å². The summed E-state index contributed by atoms with van der Waals surface area (Å²) in [4.78, 5) is 51.1. The summed E-state index contributed by atoms with van der Waals surface area (Å²) in [6.45, 7) is 0. The molecule has 10 nitrogen and oxygen atoms in total. The molecule has 0 saturated carbocycles. The molecule has 1 aromatic heterocycles. The molecule has 2 aliphatic rings. The zero-order valence-corrected chi connectivity index (χ0v) is 14.6. The van der Waals surface area contributed by atoms with E-state index in [1.807, 2.05) is 0 Å². The van der Waals surface area contributed by atoms with Gasteiger partial charge in [-0.05, 0) is 18.6 Å². The van der Waals surface area contributed by atoms with Gasteiger partial charge in [0.1, 0.15) is 17.9 Å². The fourth-order valence-corrected chi connectivity index (χ4v) is 3.13. The van der Waals surface area contributed by atoms with E-state index < -0.39 is 5.91 Å². The van der Waals surface area contributed by atoms with Crippen LogP contribution in [0.3, 0.4) is 0 Å². The molecule has 1 aliphatic heterocycles. The smallest absolute Gasteiger partial charge is 0.254 e. The van der Waals surface area contributed by atoms with Gasteiger partial charge >= 0.3 is 0 Å². The largest absolute Gasteiger partial charge is 0.397 e. The summed E-state index contributed by atoms with van der Waals surface area (Å²) < 4.78 is 0. The van der Waals surface area contributed by atoms with Crippen LogP contribution in [0.1, 0.15) is 40.0 Å². The minimum atomic E-state index is -0.762. The Labute approximate surface area is 158 Å². The Kier molecular flexibility index (Phi) is 4.15. The molecule has 28 heavy (non-hydrogen) atoms. The van der Waals surface area contributed by atoms with Crippen molar-refractivity contribution in [3.8, 4) is 11.4 Å². The maximum atomic E-state index is 11.6. The molecule has 0 fully saturated rings. The van der Waals surface area contributed by atoms with E-state index >= 15 is 0 Å². The normalized spacial score (nSPS) is 17.0. The molecule has 0 spiro atoms. The summed E-state index contributed by atoms with van der Waals surface area (Å²) in [6.07, 6.45) is 3.34. The second kappa shape index (κ2) is 6.65. The van der Waals surface area contributed by atoms with E-state index in [1.54, 1.807) is 0 Å². The first-order chi connectivity index (χ1) is 13.5. The molecule has 4 rings (SSSR count). The van der Waals surface area contributed by atoms with Crippen molar-refractivity contribution in [3.05, 3.63) is 40.9 Å². The second-order valence-corrected chi connectivity index (χ2v) is 6.38. The summed E-state index contributed by atoms with van der Waals surface area (Å²) in [7, 11) is 0. The summed E-state index contributed by atoms with van der Waals surface area (Å²) >= 11 is 0. The minimum absolute atomic E-state index is 0.00533. The van der Waals surface area contributed by atoms with Gasteiger partial charge in [0, 0.05) is 35.2 Å². The highest BCUT2D eigenvalue weighted by molar-refractivity contribution is 6.10. The third-order valence-corrected chi connectivity index (χ3v) is 4.58. The van der Waals surface area contributed by atoms with Gasteiger partial charge in [0.15, 0.2) is 12.1 Å². The molecule has 10 heteroatoms. The van der Waals surface area contributed by atoms with Crippen LogP contribution in [-0.2, 0) is 4.79 Å². The number of aromatic nitrogens is 3. The highest BCUT2D eigenvalue weighted by Crippen LogP contribution is 2.30.